The lowest BCUT2D eigenvalue weighted by Gasteiger charge is -2.30. The monoisotopic (exact) mass is 343 g/mol. The fraction of sp³-hybridized carbons (Fsp3) is 0.182. The van der Waals surface area contributed by atoms with E-state index < -0.39 is 5.91 Å². The molecule has 0 aliphatic carbocycles. The highest BCUT2D eigenvalue weighted by Gasteiger charge is 2.31. The lowest BCUT2D eigenvalue weighted by molar-refractivity contribution is 0.0996. The highest BCUT2D eigenvalue weighted by atomic mass is 16.1. The number of pyridine rings is 1. The van der Waals surface area contributed by atoms with Gasteiger partial charge in [-0.3, -0.25) is 4.79 Å². The average Bonchev–Trinajstić information content (AvgIpc) is 3.18. The van der Waals surface area contributed by atoms with Crippen LogP contribution in [0.2, 0.25) is 0 Å². The van der Waals surface area contributed by atoms with E-state index in [2.05, 4.69) is 46.3 Å². The average molecular weight is 343 g/mol. The Kier molecular flexibility index (Phi) is 4.40. The normalized spacial score (nSPS) is 16.6. The Morgan fingerprint density at radius 1 is 1.00 bits per heavy atom. The van der Waals surface area contributed by atoms with Crippen LogP contribution in [0.3, 0.4) is 0 Å². The Morgan fingerprint density at radius 3 is 2.38 bits per heavy atom. The summed E-state index contributed by atoms with van der Waals surface area (Å²) in [5, 5.41) is 0. The van der Waals surface area contributed by atoms with Crippen molar-refractivity contribution in [1.29, 1.82) is 0 Å². The Morgan fingerprint density at radius 2 is 1.69 bits per heavy atom. The van der Waals surface area contributed by atoms with Crippen molar-refractivity contribution < 1.29 is 4.79 Å². The van der Waals surface area contributed by atoms with Gasteiger partial charge in [-0.25, -0.2) is 4.98 Å². The van der Waals surface area contributed by atoms with E-state index in [0.29, 0.717) is 5.69 Å². The maximum absolute atomic E-state index is 12.1. The van der Waals surface area contributed by atoms with Crippen LogP contribution in [-0.2, 0) is 0 Å². The first-order chi connectivity index (χ1) is 12.8. The van der Waals surface area contributed by atoms with Crippen LogP contribution in [0.25, 0.3) is 11.1 Å². The summed E-state index contributed by atoms with van der Waals surface area (Å²) in [5.74, 6) is -0.489. The third kappa shape index (κ3) is 2.94. The third-order valence-electron chi connectivity index (χ3n) is 4.97. The van der Waals surface area contributed by atoms with Gasteiger partial charge in [0, 0.05) is 18.3 Å². The number of anilines is 1. The highest BCUT2D eigenvalue weighted by molar-refractivity contribution is 6.01. The molecule has 0 radical (unpaired) electrons. The summed E-state index contributed by atoms with van der Waals surface area (Å²) in [6.07, 6.45) is 3.78. The lowest BCUT2D eigenvalue weighted by atomic mass is 9.99. The van der Waals surface area contributed by atoms with Crippen molar-refractivity contribution in [1.82, 2.24) is 4.98 Å². The maximum Gasteiger partial charge on any atom is 0.269 e. The minimum Gasteiger partial charge on any atom is -0.364 e. The van der Waals surface area contributed by atoms with Gasteiger partial charge in [0.05, 0.1) is 11.7 Å². The van der Waals surface area contributed by atoms with Crippen molar-refractivity contribution in [3.63, 3.8) is 0 Å². The van der Waals surface area contributed by atoms with E-state index in [-0.39, 0.29) is 6.04 Å². The van der Waals surface area contributed by atoms with Gasteiger partial charge in [0.2, 0.25) is 0 Å². The summed E-state index contributed by atoms with van der Waals surface area (Å²) in [6, 6.07) is 22.7. The van der Waals surface area contributed by atoms with Gasteiger partial charge in [-0.05, 0) is 30.0 Å². The molecule has 3 aromatic rings. The molecule has 0 bridgehead atoms. The Hall–Kier alpha value is -3.14. The number of hydrogen-bond acceptors (Lipinski definition) is 3. The van der Waals surface area contributed by atoms with E-state index in [9.17, 15) is 4.79 Å². The number of nitrogens with zero attached hydrogens (tertiary/aromatic N) is 2. The van der Waals surface area contributed by atoms with Crippen LogP contribution in [0.5, 0.6) is 0 Å². The van der Waals surface area contributed by atoms with Gasteiger partial charge in [0.25, 0.3) is 5.91 Å². The smallest absolute Gasteiger partial charge is 0.269 e. The molecule has 0 saturated carbocycles. The molecule has 130 valence electrons. The molecule has 2 heterocycles. The Balaban J connectivity index is 1.88. The van der Waals surface area contributed by atoms with E-state index in [0.717, 1.165) is 36.2 Å². The van der Waals surface area contributed by atoms with Crippen molar-refractivity contribution in [2.75, 3.05) is 11.4 Å². The first-order valence-electron chi connectivity index (χ1n) is 8.91. The van der Waals surface area contributed by atoms with Gasteiger partial charge < -0.3 is 10.6 Å². The zero-order valence-electron chi connectivity index (χ0n) is 14.5. The van der Waals surface area contributed by atoms with Crippen LogP contribution >= 0.6 is 0 Å². The molecule has 26 heavy (non-hydrogen) atoms. The number of amides is 1. The van der Waals surface area contributed by atoms with Crippen molar-refractivity contribution in [3.05, 3.63) is 84.2 Å². The van der Waals surface area contributed by atoms with Gasteiger partial charge in [-0.15, -0.1) is 0 Å². The van der Waals surface area contributed by atoms with E-state index in [4.69, 9.17) is 5.73 Å². The number of benzene rings is 2. The molecule has 4 rings (SSSR count). The molecule has 1 amide bonds. The lowest BCUT2D eigenvalue weighted by Crippen LogP contribution is -2.27. The van der Waals surface area contributed by atoms with Crippen LogP contribution in [0.4, 0.5) is 5.69 Å². The second-order valence-corrected chi connectivity index (χ2v) is 6.55. The fourth-order valence-corrected chi connectivity index (χ4v) is 3.83. The number of primary amides is 1. The van der Waals surface area contributed by atoms with E-state index in [1.165, 1.54) is 5.56 Å². The standard InChI is InChI=1S/C22H21N3O/c23-22(26)20-21(18(13-14-24-20)16-8-3-1-4-9-16)25-15-7-12-19(25)17-10-5-2-6-11-17/h1-6,8-11,13-14,19H,7,12,15H2,(H2,23,26). The summed E-state index contributed by atoms with van der Waals surface area (Å²) in [5.41, 5.74) is 10.2. The molecule has 4 heteroatoms. The van der Waals surface area contributed by atoms with Gasteiger partial charge >= 0.3 is 0 Å². The van der Waals surface area contributed by atoms with Crippen LogP contribution in [0, 0.1) is 0 Å². The molecule has 1 saturated heterocycles. The first kappa shape index (κ1) is 16.3. The largest absolute Gasteiger partial charge is 0.364 e. The van der Waals surface area contributed by atoms with Gasteiger partial charge in [0.15, 0.2) is 5.69 Å². The van der Waals surface area contributed by atoms with Gasteiger partial charge in [-0.1, -0.05) is 60.7 Å². The number of carbonyl (C=O) groups is 1. The second kappa shape index (κ2) is 7.00. The van der Waals surface area contributed by atoms with Crippen LogP contribution < -0.4 is 10.6 Å². The van der Waals surface area contributed by atoms with Gasteiger partial charge in [-0.2, -0.15) is 0 Å². The molecule has 1 aromatic heterocycles. The predicted octanol–water partition coefficient (Wildman–Crippen LogP) is 4.19. The topological polar surface area (TPSA) is 59.2 Å². The van der Waals surface area contributed by atoms with Crippen molar-refractivity contribution in [3.8, 4) is 11.1 Å². The number of aromatic nitrogens is 1. The summed E-state index contributed by atoms with van der Waals surface area (Å²) < 4.78 is 0. The number of nitrogens with two attached hydrogens (primary N) is 1. The summed E-state index contributed by atoms with van der Waals surface area (Å²) in [4.78, 5) is 18.8. The van der Waals surface area contributed by atoms with Crippen molar-refractivity contribution in [2.45, 2.75) is 18.9 Å². The Bertz CT molecular complexity index is 909. The quantitative estimate of drug-likeness (QED) is 0.773. The fourth-order valence-electron chi connectivity index (χ4n) is 3.83. The third-order valence-corrected chi connectivity index (χ3v) is 4.97. The molecule has 1 atom stereocenters. The Labute approximate surface area is 153 Å². The maximum atomic E-state index is 12.1. The summed E-state index contributed by atoms with van der Waals surface area (Å²) >= 11 is 0. The van der Waals surface area contributed by atoms with E-state index >= 15 is 0 Å². The predicted molar refractivity (Wildman–Crippen MR) is 104 cm³/mol. The van der Waals surface area contributed by atoms with Crippen molar-refractivity contribution in [2.24, 2.45) is 5.73 Å². The molecule has 2 N–H and O–H groups in total. The van der Waals surface area contributed by atoms with Crippen LogP contribution in [-0.4, -0.2) is 17.4 Å². The molecular weight excluding hydrogens is 322 g/mol. The minimum atomic E-state index is -0.489. The summed E-state index contributed by atoms with van der Waals surface area (Å²) in [7, 11) is 0. The molecule has 2 aromatic carbocycles. The molecule has 1 fully saturated rings. The van der Waals surface area contributed by atoms with E-state index in [1.807, 2.05) is 30.3 Å². The van der Waals surface area contributed by atoms with E-state index in [1.54, 1.807) is 6.20 Å². The molecule has 0 spiro atoms. The molecule has 1 aliphatic rings. The number of hydrogen-bond donors (Lipinski definition) is 1. The molecular formula is C22H21N3O. The van der Waals surface area contributed by atoms with Crippen LogP contribution in [0.1, 0.15) is 34.9 Å². The molecule has 1 aliphatic heterocycles. The van der Waals surface area contributed by atoms with Crippen molar-refractivity contribution >= 4 is 11.6 Å². The molecule has 1 unspecified atom stereocenters. The molecule has 4 nitrogen and oxygen atoms in total. The first-order valence-corrected chi connectivity index (χ1v) is 8.91. The minimum absolute atomic E-state index is 0.223. The van der Waals surface area contributed by atoms with Gasteiger partial charge in [0.1, 0.15) is 0 Å². The number of carbonyl (C=O) groups excluding carboxylic acids is 1. The SMILES string of the molecule is NC(=O)c1nccc(-c2ccccc2)c1N1CCCC1c1ccccc1. The zero-order chi connectivity index (χ0) is 17.9. The summed E-state index contributed by atoms with van der Waals surface area (Å²) in [6.45, 7) is 0.880. The van der Waals surface area contributed by atoms with Crippen LogP contribution in [0.15, 0.2) is 72.9 Å². The highest BCUT2D eigenvalue weighted by Crippen LogP contribution is 2.42. The second-order valence-electron chi connectivity index (χ2n) is 6.55. The number of rotatable bonds is 4. The zero-order valence-corrected chi connectivity index (χ0v) is 14.5.